The van der Waals surface area contributed by atoms with E-state index in [1.807, 2.05) is 0 Å². The van der Waals surface area contributed by atoms with Crippen molar-refractivity contribution in [3.05, 3.63) is 53.3 Å². The molecule has 0 unspecified atom stereocenters. The molecule has 0 amide bonds. The lowest BCUT2D eigenvalue weighted by Crippen LogP contribution is -2.00. The second-order valence-corrected chi connectivity index (χ2v) is 4.34. The van der Waals surface area contributed by atoms with Crippen LogP contribution in [0, 0.1) is 11.6 Å². The van der Waals surface area contributed by atoms with Crippen LogP contribution in [0.5, 0.6) is 0 Å². The van der Waals surface area contributed by atoms with E-state index in [0.717, 1.165) is 12.1 Å². The highest BCUT2D eigenvalue weighted by atomic mass is 35.5. The largest absolute Gasteiger partial charge is 0.338 e. The van der Waals surface area contributed by atoms with E-state index in [0.29, 0.717) is 5.03 Å². The van der Waals surface area contributed by atoms with Crippen molar-refractivity contribution in [2.75, 3.05) is 5.32 Å². The molecule has 2 nitrogen and oxygen atoms in total. The van der Waals surface area contributed by atoms with Gasteiger partial charge in [0.2, 0.25) is 0 Å². The minimum Gasteiger partial charge on any atom is -0.338 e. The van der Waals surface area contributed by atoms with Gasteiger partial charge in [0, 0.05) is 11.1 Å². The average molecular weight is 291 g/mol. The van der Waals surface area contributed by atoms with Crippen LogP contribution in [0.3, 0.4) is 0 Å². The Morgan fingerprint density at radius 1 is 1.39 bits per heavy atom. The van der Waals surface area contributed by atoms with Crippen molar-refractivity contribution in [2.45, 2.75) is 6.92 Å². The Balaban J connectivity index is 2.79. The molecule has 0 aliphatic carbocycles. The van der Waals surface area contributed by atoms with E-state index in [9.17, 15) is 8.78 Å². The van der Waals surface area contributed by atoms with Crippen molar-refractivity contribution >= 4 is 34.1 Å². The summed E-state index contributed by atoms with van der Waals surface area (Å²) in [6.07, 6.45) is 1.41. The number of rotatable bonds is 4. The van der Waals surface area contributed by atoms with Crippen molar-refractivity contribution in [1.29, 1.82) is 0 Å². The molecule has 18 heavy (non-hydrogen) atoms. The monoisotopic (exact) mass is 290 g/mol. The van der Waals surface area contributed by atoms with Gasteiger partial charge in [0.1, 0.15) is 22.6 Å². The number of nitrogens with zero attached hydrogens (tertiary/aromatic N) is 1. The van der Waals surface area contributed by atoms with Crippen molar-refractivity contribution in [2.24, 2.45) is 4.99 Å². The molecule has 0 saturated heterocycles. The van der Waals surface area contributed by atoms with E-state index in [1.54, 1.807) is 6.92 Å². The first kappa shape index (κ1) is 14.7. The summed E-state index contributed by atoms with van der Waals surface area (Å²) in [5.41, 5.74) is 0.0567. The second kappa shape index (κ2) is 6.52. The van der Waals surface area contributed by atoms with Gasteiger partial charge in [0.25, 0.3) is 0 Å². The summed E-state index contributed by atoms with van der Waals surface area (Å²) in [4.78, 5) is 3.83. The lowest BCUT2D eigenvalue weighted by atomic mass is 10.3. The maximum Gasteiger partial charge on any atom is 0.149 e. The van der Waals surface area contributed by atoms with Crippen LogP contribution in [0.2, 0.25) is 0 Å². The van der Waals surface area contributed by atoms with Gasteiger partial charge in [-0.1, -0.05) is 29.8 Å². The van der Waals surface area contributed by atoms with Gasteiger partial charge in [-0.05, 0) is 25.1 Å². The van der Waals surface area contributed by atoms with Crippen molar-refractivity contribution in [3.63, 3.8) is 0 Å². The topological polar surface area (TPSA) is 24.4 Å². The van der Waals surface area contributed by atoms with Crippen LogP contribution < -0.4 is 5.32 Å². The Kier molecular flexibility index (Phi) is 5.31. The van der Waals surface area contributed by atoms with Crippen LogP contribution in [-0.2, 0) is 0 Å². The van der Waals surface area contributed by atoms with E-state index < -0.39 is 11.6 Å². The molecular formula is C12H10Cl2F2N2. The molecule has 0 atom stereocenters. The lowest BCUT2D eigenvalue weighted by Gasteiger charge is -2.06. The fraction of sp³-hybridized carbons (Fsp3) is 0.0833. The molecule has 0 aliphatic rings. The van der Waals surface area contributed by atoms with Gasteiger partial charge in [-0.2, -0.15) is 0 Å². The van der Waals surface area contributed by atoms with E-state index in [-0.39, 0.29) is 16.7 Å². The van der Waals surface area contributed by atoms with Gasteiger partial charge in [0.05, 0.1) is 5.69 Å². The molecule has 0 radical (unpaired) electrons. The van der Waals surface area contributed by atoms with Crippen molar-refractivity contribution in [1.82, 2.24) is 0 Å². The third-order valence-corrected chi connectivity index (χ3v) is 2.07. The first-order chi connectivity index (χ1) is 8.38. The van der Waals surface area contributed by atoms with E-state index >= 15 is 0 Å². The summed E-state index contributed by atoms with van der Waals surface area (Å²) < 4.78 is 26.0. The molecule has 96 valence electrons. The first-order valence-corrected chi connectivity index (χ1v) is 5.63. The minimum atomic E-state index is -0.744. The van der Waals surface area contributed by atoms with Gasteiger partial charge >= 0.3 is 0 Å². The summed E-state index contributed by atoms with van der Waals surface area (Å²) in [5.74, 6) is -1.29. The fourth-order valence-corrected chi connectivity index (χ4v) is 1.52. The van der Waals surface area contributed by atoms with Gasteiger partial charge in [-0.3, -0.25) is 0 Å². The SMILES string of the molecule is C=C(/N=C(Cl)\C=C(/C)Cl)Nc1ccc(F)cc1F. The summed E-state index contributed by atoms with van der Waals surface area (Å²) in [6, 6.07) is 3.11. The standard InChI is InChI=1S/C12H10Cl2F2N2/c1-7(13)5-12(14)18-8(2)17-11-4-3-9(15)6-10(11)16/h3-6,17H,2H2,1H3/b7-5+,18-12+. The first-order valence-electron chi connectivity index (χ1n) is 4.87. The Hall–Kier alpha value is -1.39. The number of hydrogen-bond acceptors (Lipinski definition) is 2. The molecular weight excluding hydrogens is 281 g/mol. The Morgan fingerprint density at radius 3 is 2.61 bits per heavy atom. The van der Waals surface area contributed by atoms with Gasteiger partial charge in [-0.15, -0.1) is 0 Å². The average Bonchev–Trinajstić information content (AvgIpc) is 2.20. The van der Waals surface area contributed by atoms with Crippen LogP contribution in [0.1, 0.15) is 6.92 Å². The minimum absolute atomic E-state index is 0.0567. The normalized spacial score (nSPS) is 12.5. The number of benzene rings is 1. The van der Waals surface area contributed by atoms with Crippen LogP contribution in [0.4, 0.5) is 14.5 Å². The van der Waals surface area contributed by atoms with Crippen LogP contribution >= 0.6 is 23.2 Å². The Labute approximate surface area is 114 Å². The summed E-state index contributed by atoms with van der Waals surface area (Å²) >= 11 is 11.3. The fourth-order valence-electron chi connectivity index (χ4n) is 1.10. The smallest absolute Gasteiger partial charge is 0.149 e. The predicted molar refractivity (Wildman–Crippen MR) is 72.0 cm³/mol. The van der Waals surface area contributed by atoms with Gasteiger partial charge in [-0.25, -0.2) is 13.8 Å². The summed E-state index contributed by atoms with van der Waals surface area (Å²) in [6.45, 7) is 5.18. The number of hydrogen-bond donors (Lipinski definition) is 1. The molecule has 1 aromatic carbocycles. The van der Waals surface area contributed by atoms with Gasteiger partial charge in [0.15, 0.2) is 0 Å². The molecule has 1 aromatic rings. The highest BCUT2D eigenvalue weighted by Gasteiger charge is 2.04. The third kappa shape index (κ3) is 4.85. The molecule has 0 saturated carbocycles. The van der Waals surface area contributed by atoms with Crippen molar-refractivity contribution in [3.8, 4) is 0 Å². The Bertz CT molecular complexity index is 521. The predicted octanol–water partition coefficient (Wildman–Crippen LogP) is 4.63. The number of nitrogens with one attached hydrogen (secondary N) is 1. The molecule has 0 heterocycles. The van der Waals surface area contributed by atoms with E-state index in [4.69, 9.17) is 23.2 Å². The molecule has 0 aliphatic heterocycles. The quantitative estimate of drug-likeness (QED) is 0.804. The van der Waals surface area contributed by atoms with Gasteiger partial charge < -0.3 is 5.32 Å². The number of halogens is 4. The summed E-state index contributed by atoms with van der Waals surface area (Å²) in [7, 11) is 0. The molecule has 0 aromatic heterocycles. The van der Waals surface area contributed by atoms with E-state index in [1.165, 1.54) is 12.1 Å². The van der Waals surface area contributed by atoms with Crippen LogP contribution in [0.25, 0.3) is 0 Å². The zero-order valence-electron chi connectivity index (χ0n) is 9.48. The second-order valence-electron chi connectivity index (χ2n) is 3.36. The van der Waals surface area contributed by atoms with E-state index in [2.05, 4.69) is 16.9 Å². The number of aliphatic imine (C=N–C) groups is 1. The highest BCUT2D eigenvalue weighted by Crippen LogP contribution is 2.17. The number of allylic oxidation sites excluding steroid dienone is 2. The zero-order valence-corrected chi connectivity index (χ0v) is 11.0. The Morgan fingerprint density at radius 2 is 2.06 bits per heavy atom. The van der Waals surface area contributed by atoms with Crippen LogP contribution in [-0.4, -0.2) is 5.17 Å². The molecule has 0 spiro atoms. The number of anilines is 1. The van der Waals surface area contributed by atoms with Crippen molar-refractivity contribution < 1.29 is 8.78 Å². The maximum absolute atomic E-state index is 13.3. The maximum atomic E-state index is 13.3. The summed E-state index contributed by atoms with van der Waals surface area (Å²) in [5, 5.41) is 3.11. The molecule has 0 bridgehead atoms. The molecule has 1 N–H and O–H groups in total. The highest BCUT2D eigenvalue weighted by molar-refractivity contribution is 6.69. The molecule has 0 fully saturated rings. The van der Waals surface area contributed by atoms with Crippen LogP contribution in [0.15, 0.2) is 46.7 Å². The molecule has 1 rings (SSSR count). The lowest BCUT2D eigenvalue weighted by molar-refractivity contribution is 0.585. The molecule has 6 heteroatoms. The third-order valence-electron chi connectivity index (χ3n) is 1.77. The zero-order chi connectivity index (χ0) is 13.7.